The number of nitrogens with one attached hydrogen (secondary N) is 1. The largest absolute Gasteiger partial charge is 0.372 e. The first kappa shape index (κ1) is 18.3. The van der Waals surface area contributed by atoms with Crippen LogP contribution in [0.3, 0.4) is 0 Å². The second kappa shape index (κ2) is 7.86. The molecule has 1 aliphatic heterocycles. The number of carbonyl (C=O) groups excluding carboxylic acids is 1. The molecule has 0 bridgehead atoms. The van der Waals surface area contributed by atoms with E-state index in [1.54, 1.807) is 6.20 Å². The van der Waals surface area contributed by atoms with Crippen molar-refractivity contribution in [1.29, 1.82) is 0 Å². The lowest BCUT2D eigenvalue weighted by Crippen LogP contribution is -2.45. The van der Waals surface area contributed by atoms with Crippen molar-refractivity contribution in [2.45, 2.75) is 26.1 Å². The standard InChI is InChI=1S/C22H24N4O2/c1-16-14-26(15-17(2)28-16)20-8-9-23-21(13-20)22(27)24-18-6-5-7-19(12-18)25-10-3-4-11-25/h3-13,16-17H,14-15H2,1-2H3,(H,24,27). The van der Waals surface area contributed by atoms with E-state index in [1.165, 1.54) is 0 Å². The van der Waals surface area contributed by atoms with Crippen molar-refractivity contribution >= 4 is 17.3 Å². The minimum Gasteiger partial charge on any atom is -0.372 e. The van der Waals surface area contributed by atoms with Crippen LogP contribution < -0.4 is 10.2 Å². The van der Waals surface area contributed by atoms with Gasteiger partial charge in [0.05, 0.1) is 12.2 Å². The van der Waals surface area contributed by atoms with E-state index in [-0.39, 0.29) is 18.1 Å². The maximum Gasteiger partial charge on any atom is 0.274 e. The molecule has 1 aromatic carbocycles. The van der Waals surface area contributed by atoms with Gasteiger partial charge in [-0.1, -0.05) is 6.07 Å². The Morgan fingerprint density at radius 1 is 1.04 bits per heavy atom. The van der Waals surface area contributed by atoms with Crippen LogP contribution in [0.5, 0.6) is 0 Å². The van der Waals surface area contributed by atoms with Crippen LogP contribution in [0, 0.1) is 0 Å². The van der Waals surface area contributed by atoms with Crippen molar-refractivity contribution in [2.24, 2.45) is 0 Å². The molecular formula is C22H24N4O2. The summed E-state index contributed by atoms with van der Waals surface area (Å²) in [6.45, 7) is 5.73. The van der Waals surface area contributed by atoms with Gasteiger partial charge in [-0.25, -0.2) is 0 Å². The van der Waals surface area contributed by atoms with E-state index in [0.717, 1.165) is 30.2 Å². The highest BCUT2D eigenvalue weighted by Crippen LogP contribution is 2.21. The highest BCUT2D eigenvalue weighted by atomic mass is 16.5. The molecule has 4 rings (SSSR count). The highest BCUT2D eigenvalue weighted by molar-refractivity contribution is 6.03. The van der Waals surface area contributed by atoms with Gasteiger partial charge in [-0.05, 0) is 56.3 Å². The molecular weight excluding hydrogens is 352 g/mol. The molecule has 1 N–H and O–H groups in total. The Morgan fingerprint density at radius 2 is 1.79 bits per heavy atom. The number of aromatic nitrogens is 2. The summed E-state index contributed by atoms with van der Waals surface area (Å²) in [5.74, 6) is -0.221. The fourth-order valence-electron chi connectivity index (χ4n) is 3.58. The van der Waals surface area contributed by atoms with Gasteiger partial charge >= 0.3 is 0 Å². The average molecular weight is 376 g/mol. The molecule has 1 fully saturated rings. The minimum atomic E-state index is -0.221. The molecule has 1 saturated heterocycles. The van der Waals surface area contributed by atoms with Gasteiger partial charge in [0, 0.05) is 48.7 Å². The molecule has 0 radical (unpaired) electrons. The number of hydrogen-bond acceptors (Lipinski definition) is 4. The van der Waals surface area contributed by atoms with Crippen LogP contribution in [0.2, 0.25) is 0 Å². The van der Waals surface area contributed by atoms with Crippen LogP contribution in [-0.2, 0) is 4.74 Å². The van der Waals surface area contributed by atoms with E-state index >= 15 is 0 Å². The topological polar surface area (TPSA) is 59.4 Å². The predicted molar refractivity (Wildman–Crippen MR) is 110 cm³/mol. The molecule has 0 aliphatic carbocycles. The zero-order chi connectivity index (χ0) is 19.5. The molecule has 144 valence electrons. The Hall–Kier alpha value is -3.12. The highest BCUT2D eigenvalue weighted by Gasteiger charge is 2.23. The summed E-state index contributed by atoms with van der Waals surface area (Å²) in [5.41, 5.74) is 3.11. The van der Waals surface area contributed by atoms with Crippen LogP contribution in [0.25, 0.3) is 5.69 Å². The van der Waals surface area contributed by atoms with Crippen LogP contribution >= 0.6 is 0 Å². The summed E-state index contributed by atoms with van der Waals surface area (Å²) in [6, 6.07) is 15.4. The van der Waals surface area contributed by atoms with E-state index < -0.39 is 0 Å². The average Bonchev–Trinajstić information content (AvgIpc) is 3.22. The van der Waals surface area contributed by atoms with Gasteiger partial charge in [-0.3, -0.25) is 9.78 Å². The number of carbonyl (C=O) groups is 1. The Balaban J connectivity index is 1.51. The van der Waals surface area contributed by atoms with Gasteiger partial charge in [0.15, 0.2) is 0 Å². The summed E-state index contributed by atoms with van der Waals surface area (Å²) in [6.07, 6.45) is 5.94. The molecule has 28 heavy (non-hydrogen) atoms. The first-order chi connectivity index (χ1) is 13.6. The van der Waals surface area contributed by atoms with E-state index in [1.807, 2.05) is 65.5 Å². The maximum absolute atomic E-state index is 12.8. The smallest absolute Gasteiger partial charge is 0.274 e. The van der Waals surface area contributed by atoms with Crippen LogP contribution in [-0.4, -0.2) is 40.8 Å². The van der Waals surface area contributed by atoms with Gasteiger partial charge in [0.2, 0.25) is 0 Å². The van der Waals surface area contributed by atoms with Crippen LogP contribution in [0.1, 0.15) is 24.3 Å². The molecule has 0 spiro atoms. The SMILES string of the molecule is CC1CN(c2ccnc(C(=O)Nc3cccc(-n4cccc4)c3)c2)CC(C)O1. The van der Waals surface area contributed by atoms with Crippen molar-refractivity contribution in [2.75, 3.05) is 23.3 Å². The number of morpholine rings is 1. The first-order valence-corrected chi connectivity index (χ1v) is 9.50. The summed E-state index contributed by atoms with van der Waals surface area (Å²) < 4.78 is 7.79. The molecule has 2 aromatic heterocycles. The van der Waals surface area contributed by atoms with Crippen LogP contribution in [0.4, 0.5) is 11.4 Å². The Morgan fingerprint density at radius 3 is 2.54 bits per heavy atom. The van der Waals surface area contributed by atoms with E-state index in [9.17, 15) is 4.79 Å². The Bertz CT molecular complexity index is 945. The fraction of sp³-hybridized carbons (Fsp3) is 0.273. The maximum atomic E-state index is 12.8. The number of ether oxygens (including phenoxy) is 1. The van der Waals surface area contributed by atoms with Crippen molar-refractivity contribution in [3.05, 3.63) is 72.8 Å². The molecule has 0 saturated carbocycles. The third-order valence-corrected chi connectivity index (χ3v) is 4.77. The molecule has 1 amide bonds. The van der Waals surface area contributed by atoms with Gasteiger partial charge < -0.3 is 19.5 Å². The monoisotopic (exact) mass is 376 g/mol. The molecule has 3 heterocycles. The third-order valence-electron chi connectivity index (χ3n) is 4.77. The lowest BCUT2D eigenvalue weighted by molar-refractivity contribution is -0.00522. The van der Waals surface area contributed by atoms with Gasteiger partial charge in [-0.2, -0.15) is 0 Å². The third kappa shape index (κ3) is 4.07. The van der Waals surface area contributed by atoms with E-state index in [4.69, 9.17) is 4.74 Å². The van der Waals surface area contributed by atoms with Crippen LogP contribution in [0.15, 0.2) is 67.1 Å². The van der Waals surface area contributed by atoms with Gasteiger partial charge in [0.1, 0.15) is 5.69 Å². The zero-order valence-corrected chi connectivity index (χ0v) is 16.1. The van der Waals surface area contributed by atoms with Crippen molar-refractivity contribution < 1.29 is 9.53 Å². The van der Waals surface area contributed by atoms with E-state index in [2.05, 4.69) is 29.0 Å². The summed E-state index contributed by atoms with van der Waals surface area (Å²) in [4.78, 5) is 19.3. The predicted octanol–water partition coefficient (Wildman–Crippen LogP) is 3.74. The molecule has 1 aliphatic rings. The number of benzene rings is 1. The molecule has 6 nitrogen and oxygen atoms in total. The number of amides is 1. The summed E-state index contributed by atoms with van der Waals surface area (Å²) >= 11 is 0. The normalized spacial score (nSPS) is 19.4. The molecule has 6 heteroatoms. The van der Waals surface area contributed by atoms with E-state index in [0.29, 0.717) is 5.69 Å². The van der Waals surface area contributed by atoms with Gasteiger partial charge in [0.25, 0.3) is 5.91 Å². The lowest BCUT2D eigenvalue weighted by Gasteiger charge is -2.36. The number of pyridine rings is 1. The number of anilines is 2. The first-order valence-electron chi connectivity index (χ1n) is 9.50. The Kier molecular flexibility index (Phi) is 5.12. The number of hydrogen-bond donors (Lipinski definition) is 1. The minimum absolute atomic E-state index is 0.158. The van der Waals surface area contributed by atoms with Crippen molar-refractivity contribution in [1.82, 2.24) is 9.55 Å². The van der Waals surface area contributed by atoms with Crippen molar-refractivity contribution in [3.8, 4) is 5.69 Å². The molecule has 3 aromatic rings. The number of nitrogens with zero attached hydrogens (tertiary/aromatic N) is 3. The second-order valence-electron chi connectivity index (χ2n) is 7.16. The molecule has 2 unspecified atom stereocenters. The lowest BCUT2D eigenvalue weighted by atomic mass is 10.2. The number of rotatable bonds is 4. The quantitative estimate of drug-likeness (QED) is 0.754. The molecule has 2 atom stereocenters. The van der Waals surface area contributed by atoms with Gasteiger partial charge in [-0.15, -0.1) is 0 Å². The second-order valence-corrected chi connectivity index (χ2v) is 7.16. The Labute approximate surface area is 164 Å². The summed E-state index contributed by atoms with van der Waals surface area (Å²) in [7, 11) is 0. The fourth-order valence-corrected chi connectivity index (χ4v) is 3.58. The zero-order valence-electron chi connectivity index (χ0n) is 16.1. The summed E-state index contributed by atoms with van der Waals surface area (Å²) in [5, 5.41) is 2.95. The van der Waals surface area contributed by atoms with Crippen molar-refractivity contribution in [3.63, 3.8) is 0 Å².